The summed E-state index contributed by atoms with van der Waals surface area (Å²) >= 11 is 0. The molecule has 0 aromatic heterocycles. The normalized spacial score (nSPS) is 10.1. The molecule has 0 bridgehead atoms. The summed E-state index contributed by atoms with van der Waals surface area (Å²) in [5.41, 5.74) is 1.13. The summed E-state index contributed by atoms with van der Waals surface area (Å²) in [6.07, 6.45) is 1.18. The van der Waals surface area contributed by atoms with Gasteiger partial charge in [0.25, 0.3) is 0 Å². The molecule has 0 radical (unpaired) electrons. The molecule has 5 heteroatoms. The predicted molar refractivity (Wildman–Crippen MR) is 86.3 cm³/mol. The molecule has 0 aliphatic heterocycles. The molecule has 0 unspecified atom stereocenters. The third-order valence-electron chi connectivity index (χ3n) is 3.27. The van der Waals surface area contributed by atoms with Gasteiger partial charge in [0, 0.05) is 32.1 Å². The minimum absolute atomic E-state index is 0.0664. The molecule has 0 atom stereocenters. The van der Waals surface area contributed by atoms with Crippen LogP contribution in [0.15, 0.2) is 24.3 Å². The number of rotatable bonds is 7. The number of benzene rings is 1. The minimum atomic E-state index is -0.148. The first kappa shape index (κ1) is 17.7. The van der Waals surface area contributed by atoms with Gasteiger partial charge >= 0.3 is 0 Å². The number of hydrogen-bond donors (Lipinski definition) is 1. The summed E-state index contributed by atoms with van der Waals surface area (Å²) in [4.78, 5) is 25.1. The Labute approximate surface area is 131 Å². The van der Waals surface area contributed by atoms with Crippen LogP contribution in [-0.2, 0) is 9.59 Å². The van der Waals surface area contributed by atoms with E-state index in [0.29, 0.717) is 30.3 Å². The Morgan fingerprint density at radius 3 is 2.68 bits per heavy atom. The van der Waals surface area contributed by atoms with Crippen molar-refractivity contribution in [1.29, 1.82) is 5.26 Å². The number of carbonyl (C=O) groups is 2. The molecule has 0 fully saturated rings. The largest absolute Gasteiger partial charge is 0.356 e. The van der Waals surface area contributed by atoms with Crippen molar-refractivity contribution >= 4 is 17.5 Å². The van der Waals surface area contributed by atoms with Gasteiger partial charge in [0.1, 0.15) is 0 Å². The number of nitrogens with one attached hydrogen (secondary N) is 1. The van der Waals surface area contributed by atoms with Gasteiger partial charge in [0.05, 0.1) is 11.6 Å². The van der Waals surface area contributed by atoms with Crippen LogP contribution in [0.3, 0.4) is 0 Å². The average Bonchev–Trinajstić information content (AvgIpc) is 2.47. The molecular weight excluding hydrogens is 278 g/mol. The van der Waals surface area contributed by atoms with E-state index in [2.05, 4.69) is 19.2 Å². The van der Waals surface area contributed by atoms with Crippen molar-refractivity contribution in [2.24, 2.45) is 5.92 Å². The second kappa shape index (κ2) is 8.83. The smallest absolute Gasteiger partial charge is 0.223 e. The number of amides is 2. The van der Waals surface area contributed by atoms with Crippen molar-refractivity contribution in [3.63, 3.8) is 0 Å². The standard InChI is InChI=1S/C17H23N3O2/c1-13(2)7-9-19-17(22)8-10-20(14(3)21)16-6-4-5-15(11-16)12-18/h4-6,11,13H,7-10H2,1-3H3,(H,19,22). The number of hydrogen-bond acceptors (Lipinski definition) is 3. The first-order valence-corrected chi connectivity index (χ1v) is 7.49. The zero-order chi connectivity index (χ0) is 16.5. The van der Waals surface area contributed by atoms with E-state index in [-0.39, 0.29) is 18.2 Å². The van der Waals surface area contributed by atoms with Crippen molar-refractivity contribution in [2.45, 2.75) is 33.6 Å². The zero-order valence-corrected chi connectivity index (χ0v) is 13.4. The van der Waals surface area contributed by atoms with Gasteiger partial charge in [-0.3, -0.25) is 9.59 Å². The lowest BCUT2D eigenvalue weighted by Crippen LogP contribution is -2.34. The lowest BCUT2D eigenvalue weighted by atomic mass is 10.1. The topological polar surface area (TPSA) is 73.2 Å². The quantitative estimate of drug-likeness (QED) is 0.840. The van der Waals surface area contributed by atoms with E-state index in [1.807, 2.05) is 6.07 Å². The molecule has 0 aliphatic rings. The Hall–Kier alpha value is -2.35. The van der Waals surface area contributed by atoms with Crippen LogP contribution in [-0.4, -0.2) is 24.9 Å². The molecular formula is C17H23N3O2. The van der Waals surface area contributed by atoms with Gasteiger partial charge in [0.2, 0.25) is 11.8 Å². The van der Waals surface area contributed by atoms with E-state index >= 15 is 0 Å². The molecule has 118 valence electrons. The molecule has 0 heterocycles. The second-order valence-electron chi connectivity index (χ2n) is 5.62. The highest BCUT2D eigenvalue weighted by Crippen LogP contribution is 2.16. The zero-order valence-electron chi connectivity index (χ0n) is 13.4. The molecule has 2 amide bonds. The van der Waals surface area contributed by atoms with E-state index in [1.165, 1.54) is 11.8 Å². The first-order valence-electron chi connectivity index (χ1n) is 7.49. The summed E-state index contributed by atoms with van der Waals surface area (Å²) < 4.78 is 0. The minimum Gasteiger partial charge on any atom is -0.356 e. The van der Waals surface area contributed by atoms with Crippen molar-refractivity contribution in [1.82, 2.24) is 5.32 Å². The molecule has 5 nitrogen and oxygen atoms in total. The summed E-state index contributed by atoms with van der Waals surface area (Å²) in [5.74, 6) is 0.330. The fourth-order valence-corrected chi connectivity index (χ4v) is 2.01. The maximum absolute atomic E-state index is 11.8. The molecule has 0 saturated carbocycles. The Bertz CT molecular complexity index is 561. The lowest BCUT2D eigenvalue weighted by Gasteiger charge is -2.21. The Balaban J connectivity index is 2.60. The maximum atomic E-state index is 11.8. The SMILES string of the molecule is CC(=O)N(CCC(=O)NCCC(C)C)c1cccc(C#N)c1. The monoisotopic (exact) mass is 301 g/mol. The van der Waals surface area contributed by atoms with Crippen molar-refractivity contribution in [3.8, 4) is 6.07 Å². The lowest BCUT2D eigenvalue weighted by molar-refractivity contribution is -0.121. The third kappa shape index (κ3) is 5.96. The van der Waals surface area contributed by atoms with E-state index in [4.69, 9.17) is 5.26 Å². The molecule has 1 aromatic carbocycles. The molecule has 0 spiro atoms. The van der Waals surface area contributed by atoms with Crippen molar-refractivity contribution < 1.29 is 9.59 Å². The van der Waals surface area contributed by atoms with Crippen LogP contribution < -0.4 is 10.2 Å². The Morgan fingerprint density at radius 1 is 1.36 bits per heavy atom. The van der Waals surface area contributed by atoms with Crippen LogP contribution in [0, 0.1) is 17.2 Å². The van der Waals surface area contributed by atoms with Crippen LogP contribution in [0.4, 0.5) is 5.69 Å². The van der Waals surface area contributed by atoms with Crippen LogP contribution in [0.5, 0.6) is 0 Å². The molecule has 1 N–H and O–H groups in total. The van der Waals surface area contributed by atoms with E-state index in [0.717, 1.165) is 6.42 Å². The van der Waals surface area contributed by atoms with Crippen LogP contribution in [0.2, 0.25) is 0 Å². The van der Waals surface area contributed by atoms with E-state index in [9.17, 15) is 9.59 Å². The highest BCUT2D eigenvalue weighted by Gasteiger charge is 2.13. The van der Waals surface area contributed by atoms with Gasteiger partial charge < -0.3 is 10.2 Å². The molecule has 1 rings (SSSR count). The molecule has 22 heavy (non-hydrogen) atoms. The fourth-order valence-electron chi connectivity index (χ4n) is 2.01. The number of nitrogens with zero attached hydrogens (tertiary/aromatic N) is 2. The van der Waals surface area contributed by atoms with Crippen LogP contribution >= 0.6 is 0 Å². The fraction of sp³-hybridized carbons (Fsp3) is 0.471. The van der Waals surface area contributed by atoms with Gasteiger partial charge in [-0.15, -0.1) is 0 Å². The van der Waals surface area contributed by atoms with Gasteiger partial charge in [0.15, 0.2) is 0 Å². The highest BCUT2D eigenvalue weighted by atomic mass is 16.2. The predicted octanol–water partition coefficient (Wildman–Crippen LogP) is 2.46. The summed E-state index contributed by atoms with van der Waals surface area (Å²) in [5, 5.41) is 11.8. The molecule has 1 aromatic rings. The van der Waals surface area contributed by atoms with Crippen LogP contribution in [0.1, 0.15) is 39.2 Å². The highest BCUT2D eigenvalue weighted by molar-refractivity contribution is 5.92. The Morgan fingerprint density at radius 2 is 2.09 bits per heavy atom. The number of carbonyl (C=O) groups excluding carboxylic acids is 2. The van der Waals surface area contributed by atoms with Crippen LogP contribution in [0.25, 0.3) is 0 Å². The van der Waals surface area contributed by atoms with Crippen molar-refractivity contribution in [3.05, 3.63) is 29.8 Å². The third-order valence-corrected chi connectivity index (χ3v) is 3.27. The van der Waals surface area contributed by atoms with E-state index < -0.39 is 0 Å². The first-order chi connectivity index (χ1) is 10.4. The second-order valence-corrected chi connectivity index (χ2v) is 5.62. The van der Waals surface area contributed by atoms with Gasteiger partial charge in [-0.25, -0.2) is 0 Å². The average molecular weight is 301 g/mol. The number of anilines is 1. The van der Waals surface area contributed by atoms with Gasteiger partial charge in [-0.2, -0.15) is 5.26 Å². The van der Waals surface area contributed by atoms with Gasteiger partial charge in [-0.05, 0) is 30.5 Å². The summed E-state index contributed by atoms with van der Waals surface area (Å²) in [6.45, 7) is 6.62. The van der Waals surface area contributed by atoms with E-state index in [1.54, 1.807) is 24.3 Å². The van der Waals surface area contributed by atoms with Crippen molar-refractivity contribution in [2.75, 3.05) is 18.0 Å². The maximum Gasteiger partial charge on any atom is 0.223 e. The summed E-state index contributed by atoms with van der Waals surface area (Å²) in [7, 11) is 0. The van der Waals surface area contributed by atoms with Gasteiger partial charge in [-0.1, -0.05) is 19.9 Å². The number of nitriles is 1. The summed E-state index contributed by atoms with van der Waals surface area (Å²) in [6, 6.07) is 8.87. The molecule has 0 saturated heterocycles. The Kier molecular flexibility index (Phi) is 7.11. The molecule has 0 aliphatic carbocycles.